The molecule has 0 unspecified atom stereocenters. The number of aromatic nitrogens is 2. The predicted octanol–water partition coefficient (Wildman–Crippen LogP) is 3.20. The second kappa shape index (κ2) is 6.41. The van der Waals surface area contributed by atoms with Gasteiger partial charge in [0.2, 0.25) is 0 Å². The molecule has 0 radical (unpaired) electrons. The van der Waals surface area contributed by atoms with Crippen LogP contribution in [0.3, 0.4) is 0 Å². The monoisotopic (exact) mass is 346 g/mol. The summed E-state index contributed by atoms with van der Waals surface area (Å²) in [6.07, 6.45) is 0.760. The van der Waals surface area contributed by atoms with Crippen LogP contribution in [0, 0.1) is 6.92 Å². The molecule has 2 aromatic carbocycles. The highest BCUT2D eigenvalue weighted by molar-refractivity contribution is 6.07. The first-order valence-corrected chi connectivity index (χ1v) is 8.85. The molecule has 5 heteroatoms. The fourth-order valence-electron chi connectivity index (χ4n) is 3.64. The quantitative estimate of drug-likeness (QED) is 0.715. The van der Waals surface area contributed by atoms with Crippen molar-refractivity contribution < 1.29 is 4.79 Å². The third-order valence-corrected chi connectivity index (χ3v) is 4.88. The van der Waals surface area contributed by atoms with Gasteiger partial charge in [0.05, 0.1) is 12.2 Å². The Morgan fingerprint density at radius 1 is 1.08 bits per heavy atom. The van der Waals surface area contributed by atoms with E-state index in [1.54, 1.807) is 0 Å². The lowest BCUT2D eigenvalue weighted by atomic mass is 10.0. The second-order valence-corrected chi connectivity index (χ2v) is 6.92. The van der Waals surface area contributed by atoms with Gasteiger partial charge in [-0.05, 0) is 23.8 Å². The van der Waals surface area contributed by atoms with Crippen LogP contribution in [0.2, 0.25) is 0 Å². The maximum atomic E-state index is 13.2. The number of amides is 1. The Labute approximate surface area is 153 Å². The minimum Gasteiger partial charge on any atom is -0.362 e. The first kappa shape index (κ1) is 16.5. The number of benzene rings is 2. The molecule has 1 amide bonds. The van der Waals surface area contributed by atoms with Crippen LogP contribution in [-0.4, -0.2) is 41.4 Å². The molecule has 5 nitrogen and oxygen atoms in total. The Morgan fingerprint density at radius 3 is 2.65 bits per heavy atom. The minimum atomic E-state index is 0.0673. The lowest BCUT2D eigenvalue weighted by molar-refractivity contribution is 0.0735. The molecular formula is C21H22N4O. The van der Waals surface area contributed by atoms with Crippen molar-refractivity contribution in [3.8, 4) is 0 Å². The zero-order valence-electron chi connectivity index (χ0n) is 15.4. The SMILES string of the molecule is Cc1nc2c(c(N(C)C)n1)CN(C(=O)c1cccc3ccccc13)CC2. The van der Waals surface area contributed by atoms with E-state index in [-0.39, 0.29) is 5.91 Å². The molecule has 4 rings (SSSR count). The van der Waals surface area contributed by atoms with Crippen LogP contribution in [0.1, 0.15) is 27.4 Å². The van der Waals surface area contributed by atoms with Gasteiger partial charge in [0.1, 0.15) is 11.6 Å². The van der Waals surface area contributed by atoms with E-state index in [1.807, 2.05) is 73.3 Å². The number of carbonyl (C=O) groups is 1. The van der Waals surface area contributed by atoms with E-state index in [1.165, 1.54) is 0 Å². The van der Waals surface area contributed by atoms with Crippen molar-refractivity contribution >= 4 is 22.5 Å². The van der Waals surface area contributed by atoms with Crippen molar-refractivity contribution in [1.82, 2.24) is 14.9 Å². The first-order valence-electron chi connectivity index (χ1n) is 8.85. The summed E-state index contributed by atoms with van der Waals surface area (Å²) >= 11 is 0. The molecule has 0 aliphatic carbocycles. The summed E-state index contributed by atoms with van der Waals surface area (Å²) in [5, 5.41) is 2.09. The highest BCUT2D eigenvalue weighted by Crippen LogP contribution is 2.28. The molecule has 0 N–H and O–H groups in total. The van der Waals surface area contributed by atoms with E-state index in [9.17, 15) is 4.79 Å². The number of nitrogens with zero attached hydrogens (tertiary/aromatic N) is 4. The molecule has 2 heterocycles. The van der Waals surface area contributed by atoms with Crippen molar-refractivity contribution in [3.63, 3.8) is 0 Å². The summed E-state index contributed by atoms with van der Waals surface area (Å²) in [7, 11) is 3.96. The van der Waals surface area contributed by atoms with Gasteiger partial charge in [-0.25, -0.2) is 9.97 Å². The van der Waals surface area contributed by atoms with Crippen molar-refractivity contribution in [3.05, 3.63) is 65.1 Å². The number of hydrogen-bond donors (Lipinski definition) is 0. The Kier molecular flexibility index (Phi) is 4.07. The standard InChI is InChI=1S/C21H22N4O/c1-14-22-19-11-12-25(13-18(19)20(23-14)24(2)3)21(26)17-10-6-8-15-7-4-5-9-16(15)17/h4-10H,11-13H2,1-3H3. The number of rotatable bonds is 2. The maximum absolute atomic E-state index is 13.2. The molecule has 0 saturated heterocycles. The van der Waals surface area contributed by atoms with Gasteiger partial charge in [0, 0.05) is 38.2 Å². The number of hydrogen-bond acceptors (Lipinski definition) is 4. The Balaban J connectivity index is 1.72. The smallest absolute Gasteiger partial charge is 0.254 e. The van der Waals surface area contributed by atoms with E-state index in [2.05, 4.69) is 9.97 Å². The molecule has 0 bridgehead atoms. The van der Waals surface area contributed by atoms with Gasteiger partial charge in [-0.3, -0.25) is 4.79 Å². The van der Waals surface area contributed by atoms with Crippen LogP contribution in [0.4, 0.5) is 5.82 Å². The minimum absolute atomic E-state index is 0.0673. The van der Waals surface area contributed by atoms with Gasteiger partial charge in [0.25, 0.3) is 5.91 Å². The lowest BCUT2D eigenvalue weighted by Gasteiger charge is -2.31. The molecule has 3 aromatic rings. The molecular weight excluding hydrogens is 324 g/mol. The van der Waals surface area contributed by atoms with Crippen molar-refractivity contribution in [2.75, 3.05) is 25.5 Å². The lowest BCUT2D eigenvalue weighted by Crippen LogP contribution is -2.37. The third-order valence-electron chi connectivity index (χ3n) is 4.88. The summed E-state index contributed by atoms with van der Waals surface area (Å²) in [5.41, 5.74) is 2.87. The van der Waals surface area contributed by atoms with Crippen LogP contribution in [0.5, 0.6) is 0 Å². The van der Waals surface area contributed by atoms with Gasteiger partial charge in [-0.2, -0.15) is 0 Å². The van der Waals surface area contributed by atoms with Crippen molar-refractivity contribution in [2.45, 2.75) is 19.9 Å². The topological polar surface area (TPSA) is 49.3 Å². The number of fused-ring (bicyclic) bond motifs is 2. The summed E-state index contributed by atoms with van der Waals surface area (Å²) < 4.78 is 0. The molecule has 1 aliphatic rings. The van der Waals surface area contributed by atoms with Gasteiger partial charge >= 0.3 is 0 Å². The summed E-state index contributed by atoms with van der Waals surface area (Å²) in [6, 6.07) is 13.9. The predicted molar refractivity (Wildman–Crippen MR) is 103 cm³/mol. The number of aryl methyl sites for hydroxylation is 1. The van der Waals surface area contributed by atoms with Crippen LogP contribution < -0.4 is 4.90 Å². The molecule has 0 fully saturated rings. The van der Waals surface area contributed by atoms with Crippen molar-refractivity contribution in [1.29, 1.82) is 0 Å². The van der Waals surface area contributed by atoms with E-state index in [0.717, 1.165) is 45.7 Å². The Morgan fingerprint density at radius 2 is 1.85 bits per heavy atom. The van der Waals surface area contributed by atoms with E-state index in [0.29, 0.717) is 13.1 Å². The molecule has 1 aliphatic heterocycles. The largest absolute Gasteiger partial charge is 0.362 e. The second-order valence-electron chi connectivity index (χ2n) is 6.92. The molecule has 132 valence electrons. The van der Waals surface area contributed by atoms with Crippen LogP contribution in [-0.2, 0) is 13.0 Å². The van der Waals surface area contributed by atoms with Crippen LogP contribution in [0.25, 0.3) is 10.8 Å². The summed E-state index contributed by atoms with van der Waals surface area (Å²) in [6.45, 7) is 3.14. The Hall–Kier alpha value is -2.95. The fourth-order valence-corrected chi connectivity index (χ4v) is 3.64. The van der Waals surface area contributed by atoms with Gasteiger partial charge in [-0.1, -0.05) is 36.4 Å². The molecule has 0 saturated carbocycles. The van der Waals surface area contributed by atoms with Crippen LogP contribution in [0.15, 0.2) is 42.5 Å². The van der Waals surface area contributed by atoms with Gasteiger partial charge in [-0.15, -0.1) is 0 Å². The Bertz CT molecular complexity index is 991. The average Bonchev–Trinajstić information content (AvgIpc) is 2.66. The van der Waals surface area contributed by atoms with Crippen molar-refractivity contribution in [2.24, 2.45) is 0 Å². The normalized spacial score (nSPS) is 13.6. The van der Waals surface area contributed by atoms with Gasteiger partial charge in [0.15, 0.2) is 0 Å². The zero-order chi connectivity index (χ0) is 18.3. The third kappa shape index (κ3) is 2.79. The van der Waals surface area contributed by atoms with Crippen LogP contribution >= 0.6 is 0 Å². The van der Waals surface area contributed by atoms with E-state index < -0.39 is 0 Å². The maximum Gasteiger partial charge on any atom is 0.254 e. The number of anilines is 1. The van der Waals surface area contributed by atoms with E-state index in [4.69, 9.17) is 0 Å². The summed E-state index contributed by atoms with van der Waals surface area (Å²) in [5.74, 6) is 1.75. The molecule has 26 heavy (non-hydrogen) atoms. The molecule has 0 atom stereocenters. The molecule has 1 aromatic heterocycles. The average molecular weight is 346 g/mol. The zero-order valence-corrected chi connectivity index (χ0v) is 15.4. The number of carbonyl (C=O) groups excluding carboxylic acids is 1. The van der Waals surface area contributed by atoms with E-state index >= 15 is 0 Å². The molecule has 0 spiro atoms. The fraction of sp³-hybridized carbons (Fsp3) is 0.286. The highest BCUT2D eigenvalue weighted by Gasteiger charge is 2.27. The first-order chi connectivity index (χ1) is 12.5. The highest BCUT2D eigenvalue weighted by atomic mass is 16.2. The summed E-state index contributed by atoms with van der Waals surface area (Å²) in [4.78, 5) is 26.3. The van der Waals surface area contributed by atoms with Gasteiger partial charge < -0.3 is 9.80 Å².